The Bertz CT molecular complexity index is 286. The summed E-state index contributed by atoms with van der Waals surface area (Å²) in [7, 11) is -4.39. The van der Waals surface area contributed by atoms with Crippen LogP contribution in [0, 0.1) is 0 Å². The second-order valence-electron chi connectivity index (χ2n) is 4.20. The minimum atomic E-state index is -4.39. The summed E-state index contributed by atoms with van der Waals surface area (Å²) < 4.78 is 10.3. The second-order valence-corrected chi connectivity index (χ2v) is 5.73. The van der Waals surface area contributed by atoms with Crippen molar-refractivity contribution in [3.63, 3.8) is 0 Å². The summed E-state index contributed by atoms with van der Waals surface area (Å²) in [6, 6.07) is 0. The summed E-state index contributed by atoms with van der Waals surface area (Å²) in [5, 5.41) is 2.62. The fraction of sp³-hybridized carbons (Fsp3) is 0.900. The molecule has 0 spiro atoms. The van der Waals surface area contributed by atoms with Crippen LogP contribution in [0.15, 0.2) is 4.99 Å². The van der Waals surface area contributed by atoms with E-state index in [4.69, 9.17) is 11.5 Å². The van der Waals surface area contributed by atoms with Crippen molar-refractivity contribution < 1.29 is 117 Å². The molecule has 7 nitrogen and oxygen atoms in total. The van der Waals surface area contributed by atoms with Gasteiger partial charge in [-0.05, 0) is 19.4 Å². The molecular formula is C10H23K2N4O3P. The molecule has 0 bridgehead atoms. The first kappa shape index (κ1) is 27.5. The first-order chi connectivity index (χ1) is 8.42. The van der Waals surface area contributed by atoms with Crippen molar-refractivity contribution in [3.05, 3.63) is 0 Å². The van der Waals surface area contributed by atoms with Crippen LogP contribution in [0.5, 0.6) is 0 Å². The van der Waals surface area contributed by atoms with Crippen molar-refractivity contribution in [2.45, 2.75) is 38.5 Å². The van der Waals surface area contributed by atoms with Gasteiger partial charge < -0.3 is 31.1 Å². The summed E-state index contributed by atoms with van der Waals surface area (Å²) in [6.45, 7) is 1.24. The number of guanidine groups is 1. The molecule has 0 fully saturated rings. The Labute approximate surface area is 206 Å². The number of nitrogens with two attached hydrogens (primary N) is 2. The number of rotatable bonds is 11. The van der Waals surface area contributed by atoms with Crippen LogP contribution in [0.2, 0.25) is 0 Å². The Morgan fingerprint density at radius 1 is 1.00 bits per heavy atom. The molecule has 10 heteroatoms. The van der Waals surface area contributed by atoms with E-state index in [1.165, 1.54) is 0 Å². The normalized spacial score (nSPS) is 10.3. The van der Waals surface area contributed by atoms with Gasteiger partial charge in [0.1, 0.15) is 0 Å². The van der Waals surface area contributed by atoms with Gasteiger partial charge in [-0.15, -0.1) is 0 Å². The minimum Gasteiger partial charge on any atom is -0.810 e. The first-order valence-corrected chi connectivity index (χ1v) is 7.92. The smallest absolute Gasteiger partial charge is 0.810 e. The molecule has 0 saturated carbocycles. The number of aliphatic imine (C=N–C) groups is 1. The van der Waals surface area contributed by atoms with E-state index in [9.17, 15) is 14.4 Å². The average Bonchev–Trinajstić information content (AvgIpc) is 2.24. The third-order valence-electron chi connectivity index (χ3n) is 2.36. The fourth-order valence-corrected chi connectivity index (χ4v) is 1.93. The van der Waals surface area contributed by atoms with E-state index < -0.39 is 13.9 Å². The number of nitrogens with zero attached hydrogens (tertiary/aromatic N) is 1. The molecule has 0 aromatic heterocycles. The van der Waals surface area contributed by atoms with Crippen molar-refractivity contribution in [1.29, 1.82) is 0 Å². The molecule has 0 aliphatic carbocycles. The molecule has 0 saturated heterocycles. The minimum absolute atomic E-state index is 0. The second kappa shape index (κ2) is 18.0. The number of hydrogen-bond donors (Lipinski definition) is 3. The monoisotopic (exact) mass is 356 g/mol. The molecule has 0 aromatic carbocycles. The van der Waals surface area contributed by atoms with Crippen molar-refractivity contribution in [1.82, 2.24) is 5.32 Å². The van der Waals surface area contributed by atoms with Gasteiger partial charge in [-0.25, -0.2) is 0 Å². The maximum Gasteiger partial charge on any atom is 1.00 e. The summed E-state index contributed by atoms with van der Waals surface area (Å²) in [4.78, 5) is 24.5. The molecule has 5 N–H and O–H groups in total. The number of nitrogens with one attached hydrogen (secondary N) is 1. The Morgan fingerprint density at radius 3 is 2.00 bits per heavy atom. The maximum atomic E-state index is 10.3. The van der Waals surface area contributed by atoms with Crippen molar-refractivity contribution >= 4 is 13.6 Å². The molecule has 0 atom stereocenters. The number of hydrogen-bond acceptors (Lipinski definition) is 5. The van der Waals surface area contributed by atoms with Gasteiger partial charge in [0.2, 0.25) is 0 Å². The molecule has 0 rings (SSSR count). The van der Waals surface area contributed by atoms with Gasteiger partial charge in [0.25, 0.3) is 0 Å². The predicted octanol–water partition coefficient (Wildman–Crippen LogP) is -6.93. The van der Waals surface area contributed by atoms with E-state index in [2.05, 4.69) is 10.3 Å². The molecule has 0 heterocycles. The van der Waals surface area contributed by atoms with Gasteiger partial charge >= 0.3 is 103 Å². The maximum absolute atomic E-state index is 10.3. The van der Waals surface area contributed by atoms with Crippen LogP contribution in [0.1, 0.15) is 38.5 Å². The molecule has 0 aliphatic heterocycles. The molecule has 0 aliphatic rings. The SMILES string of the molecule is NC(N)=NCCCCCCCCNCP(=O)([O-])[O-].[K+].[K+]. The van der Waals surface area contributed by atoms with E-state index in [-0.39, 0.29) is 109 Å². The molecule has 0 radical (unpaired) electrons. The zero-order valence-electron chi connectivity index (χ0n) is 12.6. The zero-order valence-corrected chi connectivity index (χ0v) is 19.8. The summed E-state index contributed by atoms with van der Waals surface area (Å²) in [5.74, 6) is 0.134. The third kappa shape index (κ3) is 25.6. The van der Waals surface area contributed by atoms with Gasteiger partial charge in [0.15, 0.2) is 5.96 Å². The van der Waals surface area contributed by atoms with Gasteiger partial charge in [0.05, 0.1) is 0 Å². The number of unbranched alkanes of at least 4 members (excludes halogenated alkanes) is 5. The molecule has 108 valence electrons. The van der Waals surface area contributed by atoms with Gasteiger partial charge in [-0.3, -0.25) is 4.99 Å². The topological polar surface area (TPSA) is 140 Å². The van der Waals surface area contributed by atoms with Gasteiger partial charge in [0, 0.05) is 12.8 Å². The van der Waals surface area contributed by atoms with E-state index in [0.29, 0.717) is 13.1 Å². The van der Waals surface area contributed by atoms with E-state index in [0.717, 1.165) is 38.5 Å². The molecule has 20 heavy (non-hydrogen) atoms. The van der Waals surface area contributed by atoms with E-state index in [1.54, 1.807) is 0 Å². The van der Waals surface area contributed by atoms with Crippen LogP contribution in [-0.4, -0.2) is 25.3 Å². The van der Waals surface area contributed by atoms with Crippen LogP contribution < -0.4 is 129 Å². The molecule has 0 amide bonds. The molecular weight excluding hydrogens is 333 g/mol. The van der Waals surface area contributed by atoms with Gasteiger partial charge in [-0.2, -0.15) is 0 Å². The Hall–Kier alpha value is 2.65. The quantitative estimate of drug-likeness (QED) is 0.110. The van der Waals surface area contributed by atoms with E-state index >= 15 is 0 Å². The van der Waals surface area contributed by atoms with Crippen LogP contribution in [0.3, 0.4) is 0 Å². The average molecular weight is 356 g/mol. The molecule has 0 aromatic rings. The largest absolute Gasteiger partial charge is 1.00 e. The van der Waals surface area contributed by atoms with Crippen LogP contribution in [0.25, 0.3) is 0 Å². The third-order valence-corrected chi connectivity index (χ3v) is 2.97. The Kier molecular flexibility index (Phi) is 24.7. The summed E-state index contributed by atoms with van der Waals surface area (Å²) in [5.41, 5.74) is 10.4. The first-order valence-electron chi connectivity index (χ1n) is 6.19. The van der Waals surface area contributed by atoms with E-state index in [1.807, 2.05) is 0 Å². The standard InChI is InChI=1S/C10H25N4O3P.2K/c11-10(12)14-8-6-4-2-1-3-5-7-13-9-18(15,16)17;;/h13H,1-9H2,(H4,11,12,14)(H2,15,16,17);;/q;2*+1/p-2. The van der Waals surface area contributed by atoms with Crippen molar-refractivity contribution in [3.8, 4) is 0 Å². The van der Waals surface area contributed by atoms with Crippen molar-refractivity contribution in [2.24, 2.45) is 16.5 Å². The van der Waals surface area contributed by atoms with Crippen LogP contribution in [-0.2, 0) is 4.57 Å². The Morgan fingerprint density at radius 2 is 1.50 bits per heavy atom. The van der Waals surface area contributed by atoms with Crippen LogP contribution >= 0.6 is 7.60 Å². The van der Waals surface area contributed by atoms with Crippen molar-refractivity contribution in [2.75, 3.05) is 19.4 Å². The summed E-state index contributed by atoms with van der Waals surface area (Å²) in [6.07, 6.45) is 5.72. The van der Waals surface area contributed by atoms with Gasteiger partial charge in [-0.1, -0.05) is 33.3 Å². The Balaban J connectivity index is -0.00000144. The zero-order chi connectivity index (χ0) is 13.9. The van der Waals surface area contributed by atoms with Crippen LogP contribution in [0.4, 0.5) is 0 Å². The summed E-state index contributed by atoms with van der Waals surface area (Å²) >= 11 is 0. The molecule has 0 unspecified atom stereocenters. The predicted molar refractivity (Wildman–Crippen MR) is 68.9 cm³/mol. The fourth-order valence-electron chi connectivity index (χ4n) is 1.49.